The van der Waals surface area contributed by atoms with Gasteiger partial charge < -0.3 is 15.7 Å². The topological polar surface area (TPSA) is 78.4 Å². The Morgan fingerprint density at radius 1 is 1.53 bits per heavy atom. The third kappa shape index (κ3) is 3.99. The highest BCUT2D eigenvalue weighted by Crippen LogP contribution is 2.47. The Bertz CT molecular complexity index is 342. The lowest BCUT2D eigenvalue weighted by Gasteiger charge is -2.16. The molecule has 1 fully saturated rings. The van der Waals surface area contributed by atoms with E-state index >= 15 is 0 Å². The third-order valence-corrected chi connectivity index (χ3v) is 3.26. The molecular formula is C12H18N2O3. The minimum Gasteiger partial charge on any atom is -0.480 e. The second-order valence-corrected chi connectivity index (χ2v) is 4.48. The Morgan fingerprint density at radius 3 is 2.59 bits per heavy atom. The van der Waals surface area contributed by atoms with Crippen LogP contribution in [0, 0.1) is 17.8 Å². The van der Waals surface area contributed by atoms with Crippen LogP contribution in [0.2, 0.25) is 0 Å². The molecule has 0 spiro atoms. The van der Waals surface area contributed by atoms with Crippen molar-refractivity contribution in [3.63, 3.8) is 0 Å². The molecule has 0 radical (unpaired) electrons. The van der Waals surface area contributed by atoms with Gasteiger partial charge in [-0.05, 0) is 24.7 Å². The summed E-state index contributed by atoms with van der Waals surface area (Å²) >= 11 is 0. The molecule has 5 nitrogen and oxygen atoms in total. The predicted molar refractivity (Wildman–Crippen MR) is 63.4 cm³/mol. The molecule has 1 aliphatic carbocycles. The van der Waals surface area contributed by atoms with Crippen molar-refractivity contribution in [2.45, 2.75) is 38.6 Å². The number of urea groups is 1. The van der Waals surface area contributed by atoms with Crippen LogP contribution in [0.25, 0.3) is 0 Å². The Labute approximate surface area is 101 Å². The fourth-order valence-electron chi connectivity index (χ4n) is 1.63. The summed E-state index contributed by atoms with van der Waals surface area (Å²) in [5.74, 6) is 1.11. The van der Waals surface area contributed by atoms with Crippen LogP contribution in [0.1, 0.15) is 32.6 Å². The highest BCUT2D eigenvalue weighted by molar-refractivity contribution is 5.82. The van der Waals surface area contributed by atoms with Crippen LogP contribution in [-0.4, -0.2) is 29.7 Å². The maximum Gasteiger partial charge on any atom is 0.327 e. The number of nitrogens with one attached hydrogen (secondary N) is 2. The van der Waals surface area contributed by atoms with Gasteiger partial charge in [0.25, 0.3) is 0 Å². The van der Waals surface area contributed by atoms with Crippen molar-refractivity contribution in [3.05, 3.63) is 0 Å². The van der Waals surface area contributed by atoms with Gasteiger partial charge in [-0.15, -0.1) is 12.3 Å². The molecular weight excluding hydrogens is 220 g/mol. The molecule has 0 aromatic rings. The molecule has 94 valence electrons. The zero-order chi connectivity index (χ0) is 12.9. The monoisotopic (exact) mass is 238 g/mol. The Hall–Kier alpha value is -1.70. The summed E-state index contributed by atoms with van der Waals surface area (Å²) in [6.45, 7) is 2.68. The number of carbonyl (C=O) groups excluding carboxylic acids is 1. The maximum absolute atomic E-state index is 11.5. The lowest BCUT2D eigenvalue weighted by molar-refractivity contribution is -0.139. The van der Waals surface area contributed by atoms with Gasteiger partial charge in [-0.3, -0.25) is 0 Å². The first-order valence-electron chi connectivity index (χ1n) is 5.73. The van der Waals surface area contributed by atoms with E-state index in [2.05, 4.69) is 23.5 Å². The molecule has 1 atom stereocenters. The van der Waals surface area contributed by atoms with Gasteiger partial charge in [0.15, 0.2) is 0 Å². The first-order chi connectivity index (χ1) is 8.03. The number of carboxylic acids is 1. The van der Waals surface area contributed by atoms with Gasteiger partial charge in [-0.2, -0.15) is 0 Å². The van der Waals surface area contributed by atoms with Crippen molar-refractivity contribution in [3.8, 4) is 12.3 Å². The van der Waals surface area contributed by atoms with E-state index in [1.54, 1.807) is 0 Å². The molecule has 5 heteroatoms. The normalized spacial score (nSPS) is 17.6. The van der Waals surface area contributed by atoms with Crippen LogP contribution >= 0.6 is 0 Å². The van der Waals surface area contributed by atoms with E-state index in [4.69, 9.17) is 11.5 Å². The van der Waals surface area contributed by atoms with Gasteiger partial charge >= 0.3 is 12.0 Å². The fourth-order valence-corrected chi connectivity index (χ4v) is 1.63. The number of hydrogen-bond donors (Lipinski definition) is 3. The zero-order valence-corrected chi connectivity index (χ0v) is 9.95. The Kier molecular flexibility index (Phi) is 4.38. The lowest BCUT2D eigenvalue weighted by atomic mass is 10.0. The van der Waals surface area contributed by atoms with E-state index in [-0.39, 0.29) is 11.8 Å². The molecule has 0 bridgehead atoms. The van der Waals surface area contributed by atoms with E-state index in [1.165, 1.54) is 0 Å². The number of aliphatic carboxylic acids is 1. The van der Waals surface area contributed by atoms with Crippen molar-refractivity contribution in [1.29, 1.82) is 0 Å². The molecule has 0 aromatic carbocycles. The van der Waals surface area contributed by atoms with Crippen LogP contribution in [0.3, 0.4) is 0 Å². The summed E-state index contributed by atoms with van der Waals surface area (Å²) in [7, 11) is 0. The van der Waals surface area contributed by atoms with Gasteiger partial charge in [0, 0.05) is 13.0 Å². The third-order valence-electron chi connectivity index (χ3n) is 3.26. The van der Waals surface area contributed by atoms with Gasteiger partial charge in [0.05, 0.1) is 0 Å². The number of rotatable bonds is 6. The number of carboxylic acid groups (broad SMARTS) is 1. The molecule has 1 rings (SSSR count). The molecule has 1 unspecified atom stereocenters. The fraction of sp³-hybridized carbons (Fsp3) is 0.667. The van der Waals surface area contributed by atoms with Crippen molar-refractivity contribution in [2.24, 2.45) is 5.41 Å². The number of carbonyl (C=O) groups is 2. The maximum atomic E-state index is 11.5. The zero-order valence-electron chi connectivity index (χ0n) is 9.95. The van der Waals surface area contributed by atoms with E-state index in [0.29, 0.717) is 6.54 Å². The molecule has 0 aliphatic heterocycles. The van der Waals surface area contributed by atoms with Crippen LogP contribution in [0.4, 0.5) is 4.79 Å². The number of terminal acetylenes is 1. The van der Waals surface area contributed by atoms with Crippen LogP contribution in [0.5, 0.6) is 0 Å². The van der Waals surface area contributed by atoms with Crippen LogP contribution in [0.15, 0.2) is 0 Å². The first kappa shape index (κ1) is 13.4. The second-order valence-electron chi connectivity index (χ2n) is 4.48. The summed E-state index contributed by atoms with van der Waals surface area (Å²) in [4.78, 5) is 22.2. The van der Waals surface area contributed by atoms with Crippen LogP contribution < -0.4 is 10.6 Å². The van der Waals surface area contributed by atoms with E-state index in [0.717, 1.165) is 19.3 Å². The van der Waals surface area contributed by atoms with E-state index < -0.39 is 18.0 Å². The smallest absolute Gasteiger partial charge is 0.327 e. The Morgan fingerprint density at radius 2 is 2.18 bits per heavy atom. The average Bonchev–Trinajstić information content (AvgIpc) is 3.06. The standard InChI is InChI=1S/C12H18N2O3/c1-3-5-9(10(15)16)14-11(17)13-8-12(4-2)6-7-12/h1,9H,4-8H2,2H3,(H,15,16)(H2,13,14,17). The highest BCUT2D eigenvalue weighted by atomic mass is 16.4. The molecule has 2 amide bonds. The number of hydrogen-bond acceptors (Lipinski definition) is 2. The van der Waals surface area contributed by atoms with Gasteiger partial charge in [0.1, 0.15) is 6.04 Å². The van der Waals surface area contributed by atoms with Crippen LogP contribution in [-0.2, 0) is 4.79 Å². The molecule has 0 heterocycles. The first-order valence-corrected chi connectivity index (χ1v) is 5.73. The SMILES string of the molecule is C#CCC(NC(=O)NCC1(CC)CC1)C(=O)O. The molecule has 1 saturated carbocycles. The van der Waals surface area contributed by atoms with Crippen molar-refractivity contribution < 1.29 is 14.7 Å². The minimum absolute atomic E-state index is 0.0122. The summed E-state index contributed by atoms with van der Waals surface area (Å²) < 4.78 is 0. The van der Waals surface area contributed by atoms with Gasteiger partial charge in [0.2, 0.25) is 0 Å². The van der Waals surface area contributed by atoms with Gasteiger partial charge in [-0.1, -0.05) is 6.92 Å². The molecule has 3 N–H and O–H groups in total. The van der Waals surface area contributed by atoms with Crippen molar-refractivity contribution in [1.82, 2.24) is 10.6 Å². The van der Waals surface area contributed by atoms with Crippen molar-refractivity contribution in [2.75, 3.05) is 6.54 Å². The van der Waals surface area contributed by atoms with E-state index in [1.807, 2.05) is 0 Å². The molecule has 0 saturated heterocycles. The lowest BCUT2D eigenvalue weighted by Crippen LogP contribution is -2.47. The minimum atomic E-state index is -1.12. The number of amides is 2. The van der Waals surface area contributed by atoms with Gasteiger partial charge in [-0.25, -0.2) is 9.59 Å². The van der Waals surface area contributed by atoms with Crippen molar-refractivity contribution >= 4 is 12.0 Å². The second kappa shape index (κ2) is 5.58. The molecule has 0 aromatic heterocycles. The predicted octanol–water partition coefficient (Wildman–Crippen LogP) is 0.952. The highest BCUT2D eigenvalue weighted by Gasteiger charge is 2.40. The molecule has 17 heavy (non-hydrogen) atoms. The van der Waals surface area contributed by atoms with E-state index in [9.17, 15) is 9.59 Å². The summed E-state index contributed by atoms with van der Waals surface area (Å²) in [6, 6.07) is -1.48. The summed E-state index contributed by atoms with van der Waals surface area (Å²) in [5, 5.41) is 13.8. The summed E-state index contributed by atoms with van der Waals surface area (Å²) in [6.07, 6.45) is 8.29. The Balaban J connectivity index is 2.33. The average molecular weight is 238 g/mol. The molecule has 1 aliphatic rings. The largest absolute Gasteiger partial charge is 0.480 e. The quantitative estimate of drug-likeness (QED) is 0.603. The summed E-state index contributed by atoms with van der Waals surface area (Å²) in [5.41, 5.74) is 0.238.